The number of hydrogen-bond acceptors (Lipinski definition) is 2. The van der Waals surface area contributed by atoms with E-state index < -0.39 is 0 Å². The van der Waals surface area contributed by atoms with Gasteiger partial charge in [0.1, 0.15) is 0 Å². The minimum Gasteiger partial charge on any atom is -0.381 e. The average molecular weight is 274 g/mol. The van der Waals surface area contributed by atoms with Crippen LogP contribution >= 0.6 is 0 Å². The molecule has 1 fully saturated rings. The van der Waals surface area contributed by atoms with Crippen molar-refractivity contribution in [1.82, 2.24) is 0 Å². The fraction of sp³-hybridized carbons (Fsp3) is 0.556. The normalized spacial score (nSPS) is 23.6. The molecule has 0 radical (unpaired) electrons. The maximum atomic E-state index is 6.14. The second kappa shape index (κ2) is 8.23. The molecule has 3 atom stereocenters. The third-order valence-electron chi connectivity index (χ3n) is 4.22. The van der Waals surface area contributed by atoms with Crippen molar-refractivity contribution in [2.75, 3.05) is 7.11 Å². The quantitative estimate of drug-likeness (QED) is 0.656. The molecule has 1 aromatic rings. The Morgan fingerprint density at radius 3 is 2.80 bits per heavy atom. The first kappa shape index (κ1) is 15.3. The zero-order valence-corrected chi connectivity index (χ0v) is 12.5. The summed E-state index contributed by atoms with van der Waals surface area (Å²) >= 11 is 0. The summed E-state index contributed by atoms with van der Waals surface area (Å²) < 4.78 is 11.7. The minimum absolute atomic E-state index is 0.290. The summed E-state index contributed by atoms with van der Waals surface area (Å²) in [5.41, 5.74) is 1.26. The van der Waals surface area contributed by atoms with Gasteiger partial charge in [0.2, 0.25) is 0 Å². The van der Waals surface area contributed by atoms with E-state index in [-0.39, 0.29) is 0 Å². The Morgan fingerprint density at radius 1 is 1.30 bits per heavy atom. The van der Waals surface area contributed by atoms with Gasteiger partial charge in [-0.25, -0.2) is 0 Å². The summed E-state index contributed by atoms with van der Waals surface area (Å²) in [5.74, 6) is 0.628. The fourth-order valence-electron chi connectivity index (χ4n) is 3.08. The van der Waals surface area contributed by atoms with E-state index in [9.17, 15) is 0 Å². The van der Waals surface area contributed by atoms with E-state index in [1.54, 1.807) is 7.11 Å². The molecular weight excluding hydrogens is 248 g/mol. The van der Waals surface area contributed by atoms with E-state index in [2.05, 4.69) is 30.8 Å². The molecule has 0 heterocycles. The molecule has 0 saturated heterocycles. The van der Waals surface area contributed by atoms with Crippen molar-refractivity contribution >= 4 is 0 Å². The van der Waals surface area contributed by atoms with Gasteiger partial charge in [-0.2, -0.15) is 0 Å². The number of ether oxygens (including phenoxy) is 2. The highest BCUT2D eigenvalue weighted by Gasteiger charge is 2.29. The van der Waals surface area contributed by atoms with Crippen LogP contribution < -0.4 is 0 Å². The van der Waals surface area contributed by atoms with Gasteiger partial charge in [0, 0.05) is 7.11 Å². The summed E-state index contributed by atoms with van der Waals surface area (Å²) in [4.78, 5) is 0. The Hall–Kier alpha value is -1.12. The molecule has 2 nitrogen and oxygen atoms in total. The van der Waals surface area contributed by atoms with Crippen molar-refractivity contribution in [3.8, 4) is 0 Å². The van der Waals surface area contributed by atoms with Crippen LogP contribution in [-0.2, 0) is 16.1 Å². The van der Waals surface area contributed by atoms with Crippen LogP contribution in [-0.4, -0.2) is 19.3 Å². The third kappa shape index (κ3) is 4.46. The lowest BCUT2D eigenvalue weighted by Gasteiger charge is -2.24. The van der Waals surface area contributed by atoms with Crippen molar-refractivity contribution < 1.29 is 9.47 Å². The van der Waals surface area contributed by atoms with Crippen molar-refractivity contribution in [3.63, 3.8) is 0 Å². The molecule has 0 spiro atoms. The first-order valence-electron chi connectivity index (χ1n) is 7.62. The van der Waals surface area contributed by atoms with E-state index in [1.807, 2.05) is 12.1 Å². The SMILES string of the molecule is C=CCC(C[C@H]1CCC[C@H]1OCc1ccccc1)OC. The second-order valence-corrected chi connectivity index (χ2v) is 5.64. The summed E-state index contributed by atoms with van der Waals surface area (Å²) in [6, 6.07) is 10.4. The monoisotopic (exact) mass is 274 g/mol. The number of rotatable bonds is 8. The number of benzene rings is 1. The average Bonchev–Trinajstić information content (AvgIpc) is 2.93. The van der Waals surface area contributed by atoms with Gasteiger partial charge in [-0.1, -0.05) is 42.8 Å². The zero-order chi connectivity index (χ0) is 14.2. The van der Waals surface area contributed by atoms with Crippen LogP contribution in [0.2, 0.25) is 0 Å². The molecule has 2 heteroatoms. The maximum Gasteiger partial charge on any atom is 0.0720 e. The highest BCUT2D eigenvalue weighted by molar-refractivity contribution is 5.13. The molecule has 0 bridgehead atoms. The van der Waals surface area contributed by atoms with Crippen molar-refractivity contribution in [2.24, 2.45) is 5.92 Å². The molecule has 0 aromatic heterocycles. The molecular formula is C18H26O2. The van der Waals surface area contributed by atoms with E-state index >= 15 is 0 Å². The molecule has 1 aliphatic carbocycles. The molecule has 110 valence electrons. The molecule has 1 aromatic carbocycles. The summed E-state index contributed by atoms with van der Waals surface area (Å²) in [5, 5.41) is 0. The minimum atomic E-state index is 0.290. The molecule has 1 saturated carbocycles. The van der Waals surface area contributed by atoms with Gasteiger partial charge >= 0.3 is 0 Å². The Bertz CT molecular complexity index is 388. The highest BCUT2D eigenvalue weighted by atomic mass is 16.5. The molecule has 0 N–H and O–H groups in total. The molecule has 0 amide bonds. The summed E-state index contributed by atoms with van der Waals surface area (Å²) in [6.45, 7) is 4.53. The van der Waals surface area contributed by atoms with Gasteiger partial charge in [0.15, 0.2) is 0 Å². The summed E-state index contributed by atoms with van der Waals surface area (Å²) in [6.07, 6.45) is 8.35. The van der Waals surface area contributed by atoms with E-state index in [0.717, 1.165) is 19.4 Å². The van der Waals surface area contributed by atoms with Crippen molar-refractivity contribution in [2.45, 2.75) is 50.9 Å². The van der Waals surface area contributed by atoms with E-state index in [4.69, 9.17) is 9.47 Å². The van der Waals surface area contributed by atoms with Crippen LogP contribution in [0, 0.1) is 5.92 Å². The largest absolute Gasteiger partial charge is 0.381 e. The van der Waals surface area contributed by atoms with Gasteiger partial charge in [-0.05, 0) is 37.2 Å². The standard InChI is InChI=1S/C18H26O2/c1-3-8-17(19-2)13-16-11-7-12-18(16)20-14-15-9-5-4-6-10-15/h3-6,9-10,16-18H,1,7-8,11-14H2,2H3/t16-,17?,18-/m1/s1. The van der Waals surface area contributed by atoms with Gasteiger partial charge < -0.3 is 9.47 Å². The Morgan fingerprint density at radius 2 is 2.10 bits per heavy atom. The summed E-state index contributed by atoms with van der Waals surface area (Å²) in [7, 11) is 1.79. The molecule has 1 aliphatic rings. The molecule has 1 unspecified atom stereocenters. The number of methoxy groups -OCH3 is 1. The highest BCUT2D eigenvalue weighted by Crippen LogP contribution is 2.33. The van der Waals surface area contributed by atoms with Crippen LogP contribution in [0.3, 0.4) is 0 Å². The van der Waals surface area contributed by atoms with Gasteiger partial charge in [0.05, 0.1) is 18.8 Å². The Labute approximate surface area is 122 Å². The van der Waals surface area contributed by atoms with Crippen LogP contribution in [0.4, 0.5) is 0 Å². The molecule has 2 rings (SSSR count). The van der Waals surface area contributed by atoms with Gasteiger partial charge in [0.25, 0.3) is 0 Å². The predicted octanol–water partition coefficient (Wildman–Crippen LogP) is 4.35. The lowest BCUT2D eigenvalue weighted by molar-refractivity contribution is -0.00591. The Kier molecular flexibility index (Phi) is 6.28. The zero-order valence-electron chi connectivity index (χ0n) is 12.5. The van der Waals surface area contributed by atoms with Crippen molar-refractivity contribution in [1.29, 1.82) is 0 Å². The van der Waals surface area contributed by atoms with Crippen LogP contribution in [0.5, 0.6) is 0 Å². The van der Waals surface area contributed by atoms with Gasteiger partial charge in [-0.15, -0.1) is 6.58 Å². The molecule has 20 heavy (non-hydrogen) atoms. The fourth-order valence-corrected chi connectivity index (χ4v) is 3.08. The number of hydrogen-bond donors (Lipinski definition) is 0. The van der Waals surface area contributed by atoms with E-state index in [0.29, 0.717) is 18.1 Å². The molecule has 0 aliphatic heterocycles. The smallest absolute Gasteiger partial charge is 0.0720 e. The van der Waals surface area contributed by atoms with Gasteiger partial charge in [-0.3, -0.25) is 0 Å². The van der Waals surface area contributed by atoms with Crippen LogP contribution in [0.25, 0.3) is 0 Å². The predicted molar refractivity (Wildman–Crippen MR) is 82.6 cm³/mol. The van der Waals surface area contributed by atoms with Crippen LogP contribution in [0.15, 0.2) is 43.0 Å². The van der Waals surface area contributed by atoms with E-state index in [1.165, 1.54) is 24.8 Å². The maximum absolute atomic E-state index is 6.14. The third-order valence-corrected chi connectivity index (χ3v) is 4.22. The van der Waals surface area contributed by atoms with Crippen molar-refractivity contribution in [3.05, 3.63) is 48.6 Å². The lowest BCUT2D eigenvalue weighted by atomic mass is 9.96. The first-order chi connectivity index (χ1) is 9.83. The van der Waals surface area contributed by atoms with Crippen LogP contribution in [0.1, 0.15) is 37.7 Å². The topological polar surface area (TPSA) is 18.5 Å². The first-order valence-corrected chi connectivity index (χ1v) is 7.62. The second-order valence-electron chi connectivity index (χ2n) is 5.64. The Balaban J connectivity index is 1.82. The lowest BCUT2D eigenvalue weighted by Crippen LogP contribution is -2.23.